The van der Waals surface area contributed by atoms with Gasteiger partial charge in [-0.15, -0.1) is 6.58 Å². The van der Waals surface area contributed by atoms with Gasteiger partial charge in [-0.1, -0.05) is 19.1 Å². The van der Waals surface area contributed by atoms with Crippen molar-refractivity contribution < 1.29 is 9.18 Å². The van der Waals surface area contributed by atoms with E-state index in [1.54, 1.807) is 18.2 Å². The molecule has 1 atom stereocenters. The number of rotatable bonds is 5. The summed E-state index contributed by atoms with van der Waals surface area (Å²) in [5.41, 5.74) is 0.0509. The van der Waals surface area contributed by atoms with Gasteiger partial charge in [-0.25, -0.2) is 4.39 Å². The van der Waals surface area contributed by atoms with E-state index < -0.39 is 11.7 Å². The molecular formula is C13H15BrFNO. The first kappa shape index (κ1) is 13.9. The number of halogens is 2. The van der Waals surface area contributed by atoms with Gasteiger partial charge in [0, 0.05) is 10.5 Å². The van der Waals surface area contributed by atoms with E-state index in [4.69, 9.17) is 0 Å². The van der Waals surface area contributed by atoms with Crippen LogP contribution in [0, 0.1) is 5.82 Å². The average molecular weight is 300 g/mol. The molecule has 2 nitrogen and oxygen atoms in total. The highest BCUT2D eigenvalue weighted by Gasteiger charge is 2.17. The minimum atomic E-state index is -0.523. The van der Waals surface area contributed by atoms with Gasteiger partial charge in [-0.2, -0.15) is 0 Å². The maximum absolute atomic E-state index is 13.5. The fourth-order valence-electron chi connectivity index (χ4n) is 1.50. The summed E-state index contributed by atoms with van der Waals surface area (Å²) in [6, 6.07) is 4.46. The van der Waals surface area contributed by atoms with Gasteiger partial charge in [0.05, 0.1) is 5.56 Å². The third-order valence-electron chi connectivity index (χ3n) is 2.47. The van der Waals surface area contributed by atoms with Crippen molar-refractivity contribution in [2.24, 2.45) is 0 Å². The second kappa shape index (κ2) is 6.55. The van der Waals surface area contributed by atoms with Crippen LogP contribution in [0.2, 0.25) is 0 Å². The molecule has 0 aliphatic heterocycles. The third-order valence-corrected chi connectivity index (χ3v) is 3.13. The first-order chi connectivity index (χ1) is 8.10. The summed E-state index contributed by atoms with van der Waals surface area (Å²) in [7, 11) is 0. The Kier molecular flexibility index (Phi) is 5.35. The van der Waals surface area contributed by atoms with Gasteiger partial charge in [0.25, 0.3) is 5.91 Å². The summed E-state index contributed by atoms with van der Waals surface area (Å²) >= 11 is 3.18. The highest BCUT2D eigenvalue weighted by atomic mass is 79.9. The summed E-state index contributed by atoms with van der Waals surface area (Å²) in [5.74, 6) is -0.922. The molecule has 0 saturated carbocycles. The minimum absolute atomic E-state index is 0.00786. The van der Waals surface area contributed by atoms with E-state index in [1.807, 2.05) is 6.92 Å². The lowest BCUT2D eigenvalue weighted by Crippen LogP contribution is -2.34. The predicted octanol–water partition coefficient (Wildman–Crippen LogP) is 3.67. The fourth-order valence-corrected chi connectivity index (χ4v) is 2.02. The maximum atomic E-state index is 13.5. The number of hydrogen-bond acceptors (Lipinski definition) is 1. The van der Waals surface area contributed by atoms with Crippen molar-refractivity contribution in [2.75, 3.05) is 0 Å². The second-order valence-electron chi connectivity index (χ2n) is 3.70. The van der Waals surface area contributed by atoms with Crippen LogP contribution in [0.25, 0.3) is 0 Å². The molecule has 1 rings (SSSR count). The van der Waals surface area contributed by atoms with E-state index in [2.05, 4.69) is 27.8 Å². The highest BCUT2D eigenvalue weighted by molar-refractivity contribution is 9.10. The van der Waals surface area contributed by atoms with Crippen molar-refractivity contribution in [2.45, 2.75) is 25.8 Å². The molecule has 0 radical (unpaired) electrons. The predicted molar refractivity (Wildman–Crippen MR) is 70.5 cm³/mol. The molecule has 0 bridgehead atoms. The van der Waals surface area contributed by atoms with Crippen molar-refractivity contribution in [3.63, 3.8) is 0 Å². The van der Waals surface area contributed by atoms with Crippen LogP contribution in [0.5, 0.6) is 0 Å². The molecule has 0 aliphatic carbocycles. The van der Waals surface area contributed by atoms with Gasteiger partial charge in [0.15, 0.2) is 0 Å². The van der Waals surface area contributed by atoms with E-state index in [-0.39, 0.29) is 11.6 Å². The molecule has 92 valence electrons. The maximum Gasteiger partial charge on any atom is 0.255 e. The van der Waals surface area contributed by atoms with E-state index in [1.165, 1.54) is 6.07 Å². The smallest absolute Gasteiger partial charge is 0.255 e. The van der Waals surface area contributed by atoms with E-state index in [9.17, 15) is 9.18 Å². The summed E-state index contributed by atoms with van der Waals surface area (Å²) in [6.07, 6.45) is 3.20. The number of benzene rings is 1. The Hall–Kier alpha value is -1.16. The monoisotopic (exact) mass is 299 g/mol. The number of hydrogen-bond donors (Lipinski definition) is 1. The lowest BCUT2D eigenvalue weighted by atomic mass is 10.1. The lowest BCUT2D eigenvalue weighted by Gasteiger charge is -2.15. The van der Waals surface area contributed by atoms with Crippen LogP contribution in [-0.2, 0) is 0 Å². The minimum Gasteiger partial charge on any atom is -0.349 e. The average Bonchev–Trinajstić information content (AvgIpc) is 2.28. The van der Waals surface area contributed by atoms with Crippen LogP contribution in [0.1, 0.15) is 30.1 Å². The SMILES string of the molecule is C=CC[C@H](CC)NC(=O)c1c(F)cccc1Br. The van der Waals surface area contributed by atoms with Crippen molar-refractivity contribution in [3.8, 4) is 0 Å². The van der Waals surface area contributed by atoms with Crippen LogP contribution >= 0.6 is 15.9 Å². The quantitative estimate of drug-likeness (QED) is 0.826. The molecule has 0 aromatic heterocycles. The van der Waals surface area contributed by atoms with Gasteiger partial charge in [-0.05, 0) is 40.9 Å². The number of amides is 1. The van der Waals surface area contributed by atoms with Crippen molar-refractivity contribution >= 4 is 21.8 Å². The van der Waals surface area contributed by atoms with E-state index >= 15 is 0 Å². The lowest BCUT2D eigenvalue weighted by molar-refractivity contribution is 0.0931. The largest absolute Gasteiger partial charge is 0.349 e. The topological polar surface area (TPSA) is 29.1 Å². The first-order valence-electron chi connectivity index (χ1n) is 5.45. The Balaban J connectivity index is 2.86. The molecule has 1 amide bonds. The van der Waals surface area contributed by atoms with E-state index in [0.29, 0.717) is 10.9 Å². The van der Waals surface area contributed by atoms with E-state index in [0.717, 1.165) is 6.42 Å². The molecule has 1 aromatic carbocycles. The van der Waals surface area contributed by atoms with Crippen LogP contribution in [0.15, 0.2) is 35.3 Å². The molecule has 0 heterocycles. The van der Waals surface area contributed by atoms with Crippen LogP contribution < -0.4 is 5.32 Å². The zero-order chi connectivity index (χ0) is 12.8. The van der Waals surface area contributed by atoms with Crippen molar-refractivity contribution in [1.29, 1.82) is 0 Å². The Morgan fingerprint density at radius 3 is 2.88 bits per heavy atom. The molecule has 0 fully saturated rings. The van der Waals surface area contributed by atoms with Crippen molar-refractivity contribution in [3.05, 3.63) is 46.7 Å². The summed E-state index contributed by atoms with van der Waals surface area (Å²) in [5, 5.41) is 2.79. The molecule has 0 aliphatic rings. The van der Waals surface area contributed by atoms with Crippen LogP contribution in [0.3, 0.4) is 0 Å². The zero-order valence-corrected chi connectivity index (χ0v) is 11.3. The molecule has 17 heavy (non-hydrogen) atoms. The first-order valence-corrected chi connectivity index (χ1v) is 6.25. The molecular weight excluding hydrogens is 285 g/mol. The van der Waals surface area contributed by atoms with Gasteiger partial charge in [0.2, 0.25) is 0 Å². The van der Waals surface area contributed by atoms with Gasteiger partial charge in [0.1, 0.15) is 5.82 Å². The third kappa shape index (κ3) is 3.66. The molecule has 0 unspecified atom stereocenters. The molecule has 0 saturated heterocycles. The van der Waals surface area contributed by atoms with Crippen molar-refractivity contribution in [1.82, 2.24) is 5.32 Å². The van der Waals surface area contributed by atoms with Crippen LogP contribution in [0.4, 0.5) is 4.39 Å². The summed E-state index contributed by atoms with van der Waals surface area (Å²) < 4.78 is 14.0. The van der Waals surface area contributed by atoms with Gasteiger partial charge >= 0.3 is 0 Å². The Labute approximate surface area is 109 Å². The zero-order valence-electron chi connectivity index (χ0n) is 9.67. The molecule has 1 aromatic rings. The number of carbonyl (C=O) groups excluding carboxylic acids is 1. The Bertz CT molecular complexity index is 400. The fraction of sp³-hybridized carbons (Fsp3) is 0.308. The van der Waals surface area contributed by atoms with Gasteiger partial charge < -0.3 is 5.32 Å². The molecule has 4 heteroatoms. The Morgan fingerprint density at radius 1 is 1.65 bits per heavy atom. The summed E-state index contributed by atoms with van der Waals surface area (Å²) in [4.78, 5) is 11.9. The molecule has 1 N–H and O–H groups in total. The normalized spacial score (nSPS) is 11.9. The summed E-state index contributed by atoms with van der Waals surface area (Å²) in [6.45, 7) is 5.59. The Morgan fingerprint density at radius 2 is 2.35 bits per heavy atom. The van der Waals surface area contributed by atoms with Gasteiger partial charge in [-0.3, -0.25) is 4.79 Å². The molecule has 0 spiro atoms. The number of nitrogens with one attached hydrogen (secondary N) is 1. The highest BCUT2D eigenvalue weighted by Crippen LogP contribution is 2.19. The number of carbonyl (C=O) groups is 1. The standard InChI is InChI=1S/C13H15BrFNO/c1-3-6-9(4-2)16-13(17)12-10(14)7-5-8-11(12)15/h3,5,7-9H,1,4,6H2,2H3,(H,16,17)/t9-/m0/s1. The van der Waals surface area contributed by atoms with Crippen LogP contribution in [-0.4, -0.2) is 11.9 Å². The second-order valence-corrected chi connectivity index (χ2v) is 4.55.